The number of fused-ring (bicyclic) bond motifs is 1. The normalized spacial score (nSPS) is 24.8. The number of hydrogen-bond donors (Lipinski definition) is 3. The molecular weight excluding hydrogens is 529 g/mol. The minimum Gasteiger partial charge on any atom is -0.550 e. The molecule has 2 aliphatic carbocycles. The Kier molecular flexibility index (Phi) is 19.2. The van der Waals surface area contributed by atoms with Crippen molar-refractivity contribution in [3.63, 3.8) is 0 Å². The second kappa shape index (κ2) is 17.8. The maximum Gasteiger partial charge on any atom is 1.00 e. The van der Waals surface area contributed by atoms with Crippen molar-refractivity contribution >= 4 is 11.9 Å². The van der Waals surface area contributed by atoms with Crippen LogP contribution in [0.25, 0.3) is 0 Å². The van der Waals surface area contributed by atoms with Gasteiger partial charge in [0.05, 0.1) is 11.5 Å². The van der Waals surface area contributed by atoms with E-state index >= 15 is 0 Å². The SMILES string of the molecule is CCC(C)(C)C(=O)O.CCC1C(C)C=CC2=C[C@H](C)CCC21.O=C([O-])CC(O)CCO.[Cs+]. The molecule has 180 valence electrons. The van der Waals surface area contributed by atoms with Gasteiger partial charge >= 0.3 is 74.9 Å². The topological polar surface area (TPSA) is 118 Å². The predicted octanol–water partition coefficient (Wildman–Crippen LogP) is 0.572. The van der Waals surface area contributed by atoms with Gasteiger partial charge in [-0.2, -0.15) is 0 Å². The van der Waals surface area contributed by atoms with E-state index in [0.717, 1.165) is 23.7 Å². The van der Waals surface area contributed by atoms with Crippen LogP contribution in [-0.2, 0) is 9.59 Å². The Morgan fingerprint density at radius 2 is 1.81 bits per heavy atom. The molecule has 3 N–H and O–H groups in total. The molecule has 0 bridgehead atoms. The first-order valence-corrected chi connectivity index (χ1v) is 11.5. The summed E-state index contributed by atoms with van der Waals surface area (Å²) in [6, 6.07) is 0. The Labute approximate surface area is 253 Å². The van der Waals surface area contributed by atoms with Gasteiger partial charge < -0.3 is 25.2 Å². The molecule has 32 heavy (non-hydrogen) atoms. The molecule has 0 aromatic carbocycles. The van der Waals surface area contributed by atoms with Crippen LogP contribution in [0.5, 0.6) is 0 Å². The molecule has 6 nitrogen and oxygen atoms in total. The summed E-state index contributed by atoms with van der Waals surface area (Å²) in [6.07, 6.45) is 10.8. The average Bonchev–Trinajstić information content (AvgIpc) is 2.68. The van der Waals surface area contributed by atoms with Gasteiger partial charge in [-0.05, 0) is 68.8 Å². The minimum atomic E-state index is -1.30. The van der Waals surface area contributed by atoms with Gasteiger partial charge in [-0.25, -0.2) is 0 Å². The zero-order valence-corrected chi connectivity index (χ0v) is 27.4. The number of aliphatic hydroxyl groups is 2. The second-order valence-electron chi connectivity index (χ2n) is 9.40. The maximum atomic E-state index is 10.3. The molecule has 0 heterocycles. The zero-order valence-electron chi connectivity index (χ0n) is 21.1. The number of aliphatic carboxylic acids is 2. The van der Waals surface area contributed by atoms with Crippen molar-refractivity contribution < 1.29 is 98.9 Å². The number of carbonyl (C=O) groups excluding carboxylic acids is 1. The molecule has 0 spiro atoms. The van der Waals surface area contributed by atoms with Crippen molar-refractivity contribution in [1.82, 2.24) is 0 Å². The van der Waals surface area contributed by atoms with E-state index in [0.29, 0.717) is 6.42 Å². The van der Waals surface area contributed by atoms with E-state index in [2.05, 4.69) is 39.0 Å². The number of carbonyl (C=O) groups is 2. The van der Waals surface area contributed by atoms with Crippen molar-refractivity contribution in [3.05, 3.63) is 23.8 Å². The molecule has 0 saturated carbocycles. The molecule has 4 unspecified atom stereocenters. The van der Waals surface area contributed by atoms with E-state index in [1.807, 2.05) is 6.92 Å². The molecule has 0 aromatic heterocycles. The van der Waals surface area contributed by atoms with Gasteiger partial charge in [-0.15, -0.1) is 0 Å². The third-order valence-electron chi connectivity index (χ3n) is 6.42. The smallest absolute Gasteiger partial charge is 0.550 e. The molecule has 0 aliphatic heterocycles. The fourth-order valence-electron chi connectivity index (χ4n) is 3.81. The van der Waals surface area contributed by atoms with Crippen LogP contribution < -0.4 is 74.0 Å². The largest absolute Gasteiger partial charge is 1.00 e. The monoisotopic (exact) mass is 572 g/mol. The molecule has 0 radical (unpaired) electrons. The summed E-state index contributed by atoms with van der Waals surface area (Å²) in [7, 11) is 0. The Bertz CT molecular complexity index is 614. The Hall–Kier alpha value is 0.392. The van der Waals surface area contributed by atoms with Crippen LogP contribution in [0, 0.1) is 29.1 Å². The third-order valence-corrected chi connectivity index (χ3v) is 6.42. The van der Waals surface area contributed by atoms with Crippen molar-refractivity contribution in [2.24, 2.45) is 29.1 Å². The first kappa shape index (κ1) is 34.6. The van der Waals surface area contributed by atoms with Crippen molar-refractivity contribution in [2.45, 2.75) is 86.2 Å². The average molecular weight is 573 g/mol. The van der Waals surface area contributed by atoms with Crippen LogP contribution in [0.1, 0.15) is 80.1 Å². The summed E-state index contributed by atoms with van der Waals surface area (Å²) in [5.41, 5.74) is 1.09. The van der Waals surface area contributed by atoms with E-state index in [4.69, 9.17) is 15.3 Å². The number of carboxylic acids is 2. The van der Waals surface area contributed by atoms with Gasteiger partial charge in [0.1, 0.15) is 0 Å². The van der Waals surface area contributed by atoms with E-state index < -0.39 is 29.9 Å². The number of carboxylic acid groups (broad SMARTS) is 2. The molecule has 0 aromatic rings. The number of aliphatic hydroxyl groups excluding tert-OH is 2. The molecule has 0 saturated heterocycles. The molecular formula is C25H43CsO6. The molecule has 2 rings (SSSR count). The first-order valence-electron chi connectivity index (χ1n) is 11.5. The van der Waals surface area contributed by atoms with E-state index in [1.54, 1.807) is 19.4 Å². The molecule has 0 amide bonds. The number of rotatable bonds is 7. The van der Waals surface area contributed by atoms with E-state index in [9.17, 15) is 14.7 Å². The van der Waals surface area contributed by atoms with Crippen LogP contribution in [0.15, 0.2) is 23.8 Å². The molecule has 5 atom stereocenters. The van der Waals surface area contributed by atoms with Gasteiger partial charge in [0, 0.05) is 19.0 Å². The van der Waals surface area contributed by atoms with Crippen LogP contribution in [0.3, 0.4) is 0 Å². The second-order valence-corrected chi connectivity index (χ2v) is 9.40. The Morgan fingerprint density at radius 1 is 1.22 bits per heavy atom. The molecule has 0 fully saturated rings. The minimum absolute atomic E-state index is 0. The predicted molar refractivity (Wildman–Crippen MR) is 121 cm³/mol. The Morgan fingerprint density at radius 3 is 2.22 bits per heavy atom. The number of hydrogen-bond acceptors (Lipinski definition) is 5. The van der Waals surface area contributed by atoms with E-state index in [1.165, 1.54) is 19.3 Å². The van der Waals surface area contributed by atoms with Crippen molar-refractivity contribution in [3.8, 4) is 0 Å². The summed E-state index contributed by atoms with van der Waals surface area (Å²) in [4.78, 5) is 20.0. The maximum absolute atomic E-state index is 10.3. The summed E-state index contributed by atoms with van der Waals surface area (Å²) in [5, 5.41) is 35.0. The zero-order chi connectivity index (χ0) is 24.2. The fourth-order valence-corrected chi connectivity index (χ4v) is 3.81. The van der Waals surface area contributed by atoms with Crippen molar-refractivity contribution in [2.75, 3.05) is 6.61 Å². The van der Waals surface area contributed by atoms with Gasteiger partial charge in [-0.1, -0.05) is 52.3 Å². The van der Waals surface area contributed by atoms with Gasteiger partial charge in [-0.3, -0.25) is 4.79 Å². The third kappa shape index (κ3) is 13.3. The summed E-state index contributed by atoms with van der Waals surface area (Å²) < 4.78 is 0. The van der Waals surface area contributed by atoms with Gasteiger partial charge in [0.15, 0.2) is 0 Å². The van der Waals surface area contributed by atoms with Gasteiger partial charge in [0.2, 0.25) is 0 Å². The number of allylic oxidation sites excluding steroid dienone is 4. The molecule has 2 aliphatic rings. The van der Waals surface area contributed by atoms with Gasteiger partial charge in [0.25, 0.3) is 0 Å². The summed E-state index contributed by atoms with van der Waals surface area (Å²) in [5.74, 6) is 1.35. The van der Waals surface area contributed by atoms with Crippen LogP contribution in [0.2, 0.25) is 0 Å². The van der Waals surface area contributed by atoms with Crippen LogP contribution in [-0.4, -0.2) is 40.0 Å². The fraction of sp³-hybridized carbons (Fsp3) is 0.760. The Balaban J connectivity index is 0. The summed E-state index contributed by atoms with van der Waals surface area (Å²) >= 11 is 0. The molecule has 7 heteroatoms. The van der Waals surface area contributed by atoms with E-state index in [-0.39, 0.29) is 81.9 Å². The quantitative estimate of drug-likeness (QED) is 0.411. The van der Waals surface area contributed by atoms with Crippen LogP contribution >= 0.6 is 0 Å². The first-order chi connectivity index (χ1) is 14.4. The van der Waals surface area contributed by atoms with Crippen LogP contribution in [0.4, 0.5) is 0 Å². The summed E-state index contributed by atoms with van der Waals surface area (Å²) in [6.45, 7) is 12.2. The standard InChI is InChI=1S/C14H22.C6H12O2.C5H10O4.Cs/c1-4-13-11(3)6-7-12-9-10(2)5-8-14(12)13;1-4-6(2,3)5(7)8;6-2-1-4(7)3-5(8)9;/h6-7,9-11,13-14H,4-5,8H2,1-3H3;4H2,1-3H3,(H,7,8);4,6-7H,1-3H2,(H,8,9);/q;;;+1/p-1/t10-,11?,13?,14?;;;/m1.../s1. The van der Waals surface area contributed by atoms with Crippen molar-refractivity contribution in [1.29, 1.82) is 0 Å².